The maximum atomic E-state index is 4.05. The second-order valence-electron chi connectivity index (χ2n) is 5.52. The zero-order valence-corrected chi connectivity index (χ0v) is 11.8. The van der Waals surface area contributed by atoms with Crippen LogP contribution in [0.15, 0.2) is 42.9 Å². The SMILES string of the molecule is c1ccc(CN2CCCC(NCc3cnc[nH]3)C2)cc1. The molecule has 3 rings (SSSR count). The molecule has 2 heterocycles. The molecule has 1 unspecified atom stereocenters. The maximum Gasteiger partial charge on any atom is 0.0922 e. The van der Waals surface area contributed by atoms with Gasteiger partial charge in [0, 0.05) is 37.6 Å². The summed E-state index contributed by atoms with van der Waals surface area (Å²) in [5.74, 6) is 0. The fourth-order valence-corrected chi connectivity index (χ4v) is 2.84. The van der Waals surface area contributed by atoms with Crippen LogP contribution in [-0.4, -0.2) is 34.0 Å². The number of piperidine rings is 1. The third-order valence-electron chi connectivity index (χ3n) is 3.89. The number of likely N-dealkylation sites (tertiary alicyclic amines) is 1. The molecule has 0 aliphatic carbocycles. The van der Waals surface area contributed by atoms with Crippen molar-refractivity contribution in [3.63, 3.8) is 0 Å². The number of hydrogen-bond donors (Lipinski definition) is 2. The highest BCUT2D eigenvalue weighted by molar-refractivity contribution is 5.14. The van der Waals surface area contributed by atoms with Crippen molar-refractivity contribution < 1.29 is 0 Å². The number of nitrogens with zero attached hydrogens (tertiary/aromatic N) is 2. The van der Waals surface area contributed by atoms with Crippen LogP contribution in [0.1, 0.15) is 24.1 Å². The molecule has 0 bridgehead atoms. The molecule has 4 nitrogen and oxygen atoms in total. The van der Waals surface area contributed by atoms with Gasteiger partial charge in [0.25, 0.3) is 0 Å². The highest BCUT2D eigenvalue weighted by Gasteiger charge is 2.19. The van der Waals surface area contributed by atoms with Gasteiger partial charge in [0.05, 0.1) is 6.33 Å². The number of H-pyrrole nitrogens is 1. The summed E-state index contributed by atoms with van der Waals surface area (Å²) >= 11 is 0. The van der Waals surface area contributed by atoms with Crippen LogP contribution in [0.25, 0.3) is 0 Å². The number of benzene rings is 1. The number of rotatable bonds is 5. The number of hydrogen-bond acceptors (Lipinski definition) is 3. The van der Waals surface area contributed by atoms with E-state index >= 15 is 0 Å². The summed E-state index contributed by atoms with van der Waals surface area (Å²) in [7, 11) is 0. The van der Waals surface area contributed by atoms with E-state index in [1.54, 1.807) is 6.33 Å². The summed E-state index contributed by atoms with van der Waals surface area (Å²) in [5.41, 5.74) is 2.56. The summed E-state index contributed by atoms with van der Waals surface area (Å²) in [5, 5.41) is 3.63. The van der Waals surface area contributed by atoms with Crippen molar-refractivity contribution in [2.45, 2.75) is 32.0 Å². The van der Waals surface area contributed by atoms with Crippen LogP contribution in [0.5, 0.6) is 0 Å². The monoisotopic (exact) mass is 270 g/mol. The first-order chi connectivity index (χ1) is 9.90. The Bertz CT molecular complexity index is 494. The van der Waals surface area contributed by atoms with Gasteiger partial charge in [-0.05, 0) is 24.9 Å². The molecule has 0 saturated carbocycles. The van der Waals surface area contributed by atoms with Gasteiger partial charge in [0.1, 0.15) is 0 Å². The minimum absolute atomic E-state index is 0.579. The van der Waals surface area contributed by atoms with Gasteiger partial charge in [0.2, 0.25) is 0 Å². The lowest BCUT2D eigenvalue weighted by molar-refractivity contribution is 0.182. The Balaban J connectivity index is 1.49. The Labute approximate surface area is 120 Å². The molecule has 106 valence electrons. The van der Waals surface area contributed by atoms with Gasteiger partial charge < -0.3 is 10.3 Å². The van der Waals surface area contributed by atoms with Crippen molar-refractivity contribution in [3.8, 4) is 0 Å². The average Bonchev–Trinajstić information content (AvgIpc) is 3.00. The van der Waals surface area contributed by atoms with Crippen LogP contribution in [-0.2, 0) is 13.1 Å². The minimum atomic E-state index is 0.579. The van der Waals surface area contributed by atoms with E-state index in [-0.39, 0.29) is 0 Å². The Hall–Kier alpha value is -1.65. The van der Waals surface area contributed by atoms with Crippen LogP contribution in [0.3, 0.4) is 0 Å². The zero-order valence-electron chi connectivity index (χ0n) is 11.8. The average molecular weight is 270 g/mol. The topological polar surface area (TPSA) is 44.0 Å². The summed E-state index contributed by atoms with van der Waals surface area (Å²) < 4.78 is 0. The van der Waals surface area contributed by atoms with Crippen molar-refractivity contribution >= 4 is 0 Å². The van der Waals surface area contributed by atoms with Crippen molar-refractivity contribution in [1.82, 2.24) is 20.2 Å². The molecule has 1 atom stereocenters. The first-order valence-electron chi connectivity index (χ1n) is 7.37. The van der Waals surface area contributed by atoms with E-state index in [1.807, 2.05) is 6.20 Å². The van der Waals surface area contributed by atoms with E-state index in [0.717, 1.165) is 25.3 Å². The summed E-state index contributed by atoms with van der Waals surface area (Å²) in [6.07, 6.45) is 6.16. The zero-order chi connectivity index (χ0) is 13.6. The molecule has 0 radical (unpaired) electrons. The quantitative estimate of drug-likeness (QED) is 0.875. The first-order valence-corrected chi connectivity index (χ1v) is 7.37. The fourth-order valence-electron chi connectivity index (χ4n) is 2.84. The largest absolute Gasteiger partial charge is 0.347 e. The van der Waals surface area contributed by atoms with Crippen molar-refractivity contribution in [3.05, 3.63) is 54.1 Å². The van der Waals surface area contributed by atoms with Gasteiger partial charge in [-0.3, -0.25) is 4.90 Å². The van der Waals surface area contributed by atoms with E-state index in [9.17, 15) is 0 Å². The molecule has 1 aromatic carbocycles. The Morgan fingerprint density at radius 1 is 1.30 bits per heavy atom. The molecular weight excluding hydrogens is 248 g/mol. The molecule has 4 heteroatoms. The van der Waals surface area contributed by atoms with Gasteiger partial charge in [-0.15, -0.1) is 0 Å². The van der Waals surface area contributed by atoms with E-state index in [1.165, 1.54) is 24.9 Å². The summed E-state index contributed by atoms with van der Waals surface area (Å²) in [4.78, 5) is 9.74. The maximum absolute atomic E-state index is 4.05. The summed E-state index contributed by atoms with van der Waals surface area (Å²) in [6, 6.07) is 11.3. The number of aromatic nitrogens is 2. The molecule has 1 aliphatic heterocycles. The van der Waals surface area contributed by atoms with E-state index < -0.39 is 0 Å². The van der Waals surface area contributed by atoms with Gasteiger partial charge >= 0.3 is 0 Å². The first kappa shape index (κ1) is 13.3. The Morgan fingerprint density at radius 2 is 2.20 bits per heavy atom. The van der Waals surface area contributed by atoms with Crippen LogP contribution < -0.4 is 5.32 Å². The molecule has 1 aromatic heterocycles. The number of aromatic amines is 1. The highest BCUT2D eigenvalue weighted by atomic mass is 15.2. The standard InChI is InChI=1S/C16H22N4/c1-2-5-14(6-3-1)11-20-8-4-7-15(12-20)18-10-16-9-17-13-19-16/h1-3,5-6,9,13,15,18H,4,7-8,10-12H2,(H,17,19). The lowest BCUT2D eigenvalue weighted by Gasteiger charge is -2.33. The minimum Gasteiger partial charge on any atom is -0.347 e. The van der Waals surface area contributed by atoms with Gasteiger partial charge in [0.15, 0.2) is 0 Å². The van der Waals surface area contributed by atoms with E-state index in [2.05, 4.69) is 50.5 Å². The fraction of sp³-hybridized carbons (Fsp3) is 0.438. The van der Waals surface area contributed by atoms with Crippen LogP contribution >= 0.6 is 0 Å². The van der Waals surface area contributed by atoms with Crippen molar-refractivity contribution in [2.75, 3.05) is 13.1 Å². The van der Waals surface area contributed by atoms with Gasteiger partial charge in [-0.1, -0.05) is 30.3 Å². The third-order valence-corrected chi connectivity index (χ3v) is 3.89. The van der Waals surface area contributed by atoms with Crippen LogP contribution in [0.2, 0.25) is 0 Å². The van der Waals surface area contributed by atoms with Crippen LogP contribution in [0.4, 0.5) is 0 Å². The second kappa shape index (κ2) is 6.68. The van der Waals surface area contributed by atoms with Gasteiger partial charge in [-0.25, -0.2) is 4.98 Å². The lowest BCUT2D eigenvalue weighted by atomic mass is 10.0. The molecular formula is C16H22N4. The molecule has 2 N–H and O–H groups in total. The normalized spacial score (nSPS) is 20.1. The molecule has 0 amide bonds. The highest BCUT2D eigenvalue weighted by Crippen LogP contribution is 2.14. The second-order valence-corrected chi connectivity index (χ2v) is 5.52. The molecule has 1 saturated heterocycles. The third kappa shape index (κ3) is 3.68. The molecule has 1 aliphatic rings. The molecule has 1 fully saturated rings. The Morgan fingerprint density at radius 3 is 3.00 bits per heavy atom. The Kier molecular flexibility index (Phi) is 4.46. The smallest absolute Gasteiger partial charge is 0.0922 e. The van der Waals surface area contributed by atoms with Crippen LogP contribution in [0, 0.1) is 0 Å². The van der Waals surface area contributed by atoms with Crippen molar-refractivity contribution in [2.24, 2.45) is 0 Å². The van der Waals surface area contributed by atoms with Gasteiger partial charge in [-0.2, -0.15) is 0 Å². The predicted octanol–water partition coefficient (Wildman–Crippen LogP) is 2.16. The molecule has 2 aromatic rings. The predicted molar refractivity (Wildman–Crippen MR) is 80.2 cm³/mol. The van der Waals surface area contributed by atoms with E-state index in [0.29, 0.717) is 6.04 Å². The molecule has 20 heavy (non-hydrogen) atoms. The van der Waals surface area contributed by atoms with E-state index in [4.69, 9.17) is 0 Å². The summed E-state index contributed by atoms with van der Waals surface area (Å²) in [6.45, 7) is 4.27. The number of nitrogens with one attached hydrogen (secondary N) is 2. The molecule has 0 spiro atoms. The van der Waals surface area contributed by atoms with Crippen molar-refractivity contribution in [1.29, 1.82) is 0 Å². The number of imidazole rings is 1. The lowest BCUT2D eigenvalue weighted by Crippen LogP contribution is -2.45.